The average Bonchev–Trinajstić information content (AvgIpc) is 3.11. The zero-order valence-corrected chi connectivity index (χ0v) is 32.5. The lowest BCUT2D eigenvalue weighted by molar-refractivity contribution is 0.627. The van der Waals surface area contributed by atoms with E-state index in [2.05, 4.69) is 146 Å². The molecule has 0 saturated heterocycles. The molecule has 8 rings (SSSR count). The van der Waals surface area contributed by atoms with E-state index in [1.165, 1.54) is 22.5 Å². The van der Waals surface area contributed by atoms with Crippen LogP contribution in [-0.4, -0.2) is 16.1 Å². The molecule has 0 amide bonds. The van der Waals surface area contributed by atoms with Gasteiger partial charge in [-0.15, -0.1) is 0 Å². The molecule has 0 spiro atoms. The third-order valence-electron chi connectivity index (χ3n) is 10.2. The molecule has 0 heterocycles. The summed E-state index contributed by atoms with van der Waals surface area (Å²) in [5, 5.41) is 9.42. The molecule has 8 aromatic rings. The van der Waals surface area contributed by atoms with Gasteiger partial charge in [0.25, 0.3) is 0 Å². The van der Waals surface area contributed by atoms with Crippen molar-refractivity contribution < 1.29 is 8.78 Å². The van der Waals surface area contributed by atoms with Gasteiger partial charge in [0.1, 0.15) is 11.6 Å². The van der Waals surface area contributed by atoms with E-state index in [-0.39, 0.29) is 11.6 Å². The van der Waals surface area contributed by atoms with Crippen molar-refractivity contribution >= 4 is 93.0 Å². The Bertz CT molecular complexity index is 2390. The maximum atomic E-state index is 14.9. The summed E-state index contributed by atoms with van der Waals surface area (Å²) in [5.41, 5.74) is 5.42. The van der Waals surface area contributed by atoms with Crippen LogP contribution >= 0.6 is 0 Å². The maximum Gasteiger partial charge on any atom is 0.125 e. The lowest BCUT2D eigenvalue weighted by Gasteiger charge is -2.30. The van der Waals surface area contributed by atoms with Crippen LogP contribution in [-0.2, 0) is 0 Å². The van der Waals surface area contributed by atoms with Gasteiger partial charge in [-0.05, 0) is 94.3 Å². The fraction of sp³-hybridized carbons (Fsp3) is 0.130. The van der Waals surface area contributed by atoms with E-state index in [9.17, 15) is 8.78 Å². The van der Waals surface area contributed by atoms with Crippen molar-refractivity contribution in [2.24, 2.45) is 0 Å². The van der Waals surface area contributed by atoms with Crippen molar-refractivity contribution in [1.29, 1.82) is 0 Å². The zero-order valence-electron chi connectivity index (χ0n) is 30.5. The molecule has 0 aliphatic carbocycles. The summed E-state index contributed by atoms with van der Waals surface area (Å²) in [6, 6.07) is 48.7. The molecule has 6 heteroatoms. The minimum Gasteiger partial charge on any atom is -0.310 e. The van der Waals surface area contributed by atoms with Crippen LogP contribution in [0.5, 0.6) is 0 Å². The molecule has 0 aliphatic rings. The molecule has 258 valence electrons. The van der Waals surface area contributed by atoms with Gasteiger partial charge >= 0.3 is 0 Å². The number of rotatable bonds is 8. The molecule has 0 saturated carbocycles. The molecule has 8 aromatic carbocycles. The van der Waals surface area contributed by atoms with Gasteiger partial charge in [0.2, 0.25) is 0 Å². The molecule has 0 radical (unpaired) electrons. The molecule has 0 aromatic heterocycles. The van der Waals surface area contributed by atoms with Crippen LogP contribution in [0.25, 0.3) is 32.3 Å². The molecule has 0 bridgehead atoms. The Morgan fingerprint density at radius 2 is 0.750 bits per heavy atom. The number of benzene rings is 8. The lowest BCUT2D eigenvalue weighted by atomic mass is 9.91. The highest BCUT2D eigenvalue weighted by Gasteiger charge is 2.24. The quantitative estimate of drug-likeness (QED) is 0.114. The summed E-state index contributed by atoms with van der Waals surface area (Å²) in [7, 11) is -3.05. The summed E-state index contributed by atoms with van der Waals surface area (Å²) < 4.78 is 29.8. The van der Waals surface area contributed by atoms with Gasteiger partial charge in [-0.25, -0.2) is 8.78 Å². The van der Waals surface area contributed by atoms with E-state index in [1.54, 1.807) is 24.3 Å². The van der Waals surface area contributed by atoms with Crippen molar-refractivity contribution in [3.05, 3.63) is 157 Å². The first-order valence-electron chi connectivity index (χ1n) is 17.9. The normalized spacial score (nSPS) is 12.2. The number of nitrogens with zero attached hydrogens (tertiary/aromatic N) is 2. The van der Waals surface area contributed by atoms with E-state index >= 15 is 0 Å². The maximum absolute atomic E-state index is 14.9. The second-order valence-electron chi connectivity index (χ2n) is 15.8. The second-order valence-corrected chi connectivity index (χ2v) is 26.0. The SMILES string of the molecule is C[Si](C)(C)c1ccc(N(c2cccc(F)c2)c2ccc3ccc4c(N(c5ccc([Si](C)(C)C)cc5)c5cccc(F)c5)ccc5ccc2c3c54)cc1. The standard InChI is InChI=1S/C46H42F2N2Si2/c1-51(2,3)39-21-17-35(18-22-39)49(37-11-7-9-33(47)29-37)43-27-15-31-14-26-42-44(28-16-32-13-25-41(43)45(31)46(32)42)50(38-12-8-10-34(48)30-38)36-19-23-40(24-20-36)52(4,5)6/h7-30H,1-6H3. The van der Waals surface area contributed by atoms with Crippen molar-refractivity contribution in [2.75, 3.05) is 9.80 Å². The van der Waals surface area contributed by atoms with E-state index in [4.69, 9.17) is 0 Å². The summed E-state index contributed by atoms with van der Waals surface area (Å²) in [6.45, 7) is 14.1. The number of hydrogen-bond acceptors (Lipinski definition) is 2. The molecule has 0 fully saturated rings. The Balaban J connectivity index is 1.37. The predicted molar refractivity (Wildman–Crippen MR) is 225 cm³/mol. The van der Waals surface area contributed by atoms with Gasteiger partial charge in [-0.1, -0.05) is 122 Å². The molecular formula is C46H42F2N2Si2. The summed E-state index contributed by atoms with van der Waals surface area (Å²) in [6.07, 6.45) is 0. The van der Waals surface area contributed by atoms with Crippen LogP contribution in [0.4, 0.5) is 42.9 Å². The summed E-state index contributed by atoms with van der Waals surface area (Å²) >= 11 is 0. The van der Waals surface area contributed by atoms with Gasteiger partial charge in [0, 0.05) is 33.5 Å². The first-order valence-corrected chi connectivity index (χ1v) is 24.9. The number of anilines is 6. The molecule has 0 N–H and O–H groups in total. The van der Waals surface area contributed by atoms with Gasteiger partial charge in [0.15, 0.2) is 0 Å². The fourth-order valence-electron chi connectivity index (χ4n) is 7.47. The van der Waals surface area contributed by atoms with Gasteiger partial charge < -0.3 is 9.80 Å². The topological polar surface area (TPSA) is 6.48 Å². The van der Waals surface area contributed by atoms with Crippen LogP contribution in [0.15, 0.2) is 146 Å². The monoisotopic (exact) mass is 716 g/mol. The molecule has 0 aliphatic heterocycles. The van der Waals surface area contributed by atoms with Crippen LogP contribution in [0.1, 0.15) is 0 Å². The Hall–Kier alpha value is -5.31. The minimum absolute atomic E-state index is 0.279. The Morgan fingerprint density at radius 1 is 0.385 bits per heavy atom. The molecule has 0 atom stereocenters. The smallest absolute Gasteiger partial charge is 0.125 e. The Labute approximate surface area is 306 Å². The van der Waals surface area contributed by atoms with Crippen LogP contribution in [0.3, 0.4) is 0 Å². The number of hydrogen-bond donors (Lipinski definition) is 0. The molecule has 52 heavy (non-hydrogen) atoms. The van der Waals surface area contributed by atoms with Crippen LogP contribution in [0.2, 0.25) is 39.3 Å². The highest BCUT2D eigenvalue weighted by molar-refractivity contribution is 6.89. The predicted octanol–water partition coefficient (Wildman–Crippen LogP) is 12.9. The van der Waals surface area contributed by atoms with Crippen LogP contribution in [0, 0.1) is 11.6 Å². The lowest BCUT2D eigenvalue weighted by Crippen LogP contribution is -2.37. The third kappa shape index (κ3) is 6.06. The zero-order chi connectivity index (χ0) is 36.4. The van der Waals surface area contributed by atoms with Crippen LogP contribution < -0.4 is 20.2 Å². The van der Waals surface area contributed by atoms with Gasteiger partial charge in [0.05, 0.1) is 27.5 Å². The minimum atomic E-state index is -1.53. The van der Waals surface area contributed by atoms with Crippen molar-refractivity contribution in [2.45, 2.75) is 39.3 Å². The fourth-order valence-corrected chi connectivity index (χ4v) is 9.80. The van der Waals surface area contributed by atoms with Gasteiger partial charge in [-0.3, -0.25) is 0 Å². The van der Waals surface area contributed by atoms with Crippen molar-refractivity contribution in [3.8, 4) is 0 Å². The molecule has 0 unspecified atom stereocenters. The first-order chi connectivity index (χ1) is 24.9. The van der Waals surface area contributed by atoms with Crippen molar-refractivity contribution in [3.63, 3.8) is 0 Å². The van der Waals surface area contributed by atoms with E-state index < -0.39 is 16.1 Å². The highest BCUT2D eigenvalue weighted by atomic mass is 28.3. The Kier molecular flexibility index (Phi) is 8.28. The van der Waals surface area contributed by atoms with E-state index in [0.29, 0.717) is 0 Å². The Morgan fingerprint density at radius 3 is 1.10 bits per heavy atom. The third-order valence-corrected chi connectivity index (χ3v) is 14.3. The summed E-state index contributed by atoms with van der Waals surface area (Å²) in [4.78, 5) is 4.34. The molecular weight excluding hydrogens is 675 g/mol. The average molecular weight is 717 g/mol. The largest absolute Gasteiger partial charge is 0.310 e. The van der Waals surface area contributed by atoms with Crippen molar-refractivity contribution in [1.82, 2.24) is 0 Å². The van der Waals surface area contributed by atoms with E-state index in [1.807, 2.05) is 12.1 Å². The molecule has 2 nitrogen and oxygen atoms in total. The summed E-state index contributed by atoms with van der Waals surface area (Å²) in [5.74, 6) is -0.558. The van der Waals surface area contributed by atoms with Gasteiger partial charge in [-0.2, -0.15) is 0 Å². The second kappa shape index (κ2) is 12.7. The number of halogens is 2. The first kappa shape index (κ1) is 33.8. The van der Waals surface area contributed by atoms with E-state index in [0.717, 1.165) is 66.4 Å². The highest BCUT2D eigenvalue weighted by Crippen LogP contribution is 2.47.